The van der Waals surface area contributed by atoms with Gasteiger partial charge in [0.15, 0.2) is 0 Å². The van der Waals surface area contributed by atoms with Crippen molar-refractivity contribution < 1.29 is 20.1 Å². The summed E-state index contributed by atoms with van der Waals surface area (Å²) in [5.41, 5.74) is 2.90. The van der Waals surface area contributed by atoms with Crippen LogP contribution in [0, 0.1) is 0 Å². The maximum Gasteiger partial charge on any atom is 0.121 e. The zero-order valence-electron chi connectivity index (χ0n) is 17.2. The lowest BCUT2D eigenvalue weighted by Gasteiger charge is -2.21. The molecule has 3 N–H and O–H groups in total. The van der Waals surface area contributed by atoms with E-state index in [0.717, 1.165) is 53.9 Å². The molecule has 0 fully saturated rings. The summed E-state index contributed by atoms with van der Waals surface area (Å²) in [6.07, 6.45) is 2.81. The molecule has 0 atom stereocenters. The molecule has 0 saturated carbocycles. The van der Waals surface area contributed by atoms with E-state index in [9.17, 15) is 15.3 Å². The number of aliphatic hydroxyl groups excluding tert-OH is 2. The van der Waals surface area contributed by atoms with Gasteiger partial charge in [0.05, 0.1) is 18.8 Å². The molecule has 5 heteroatoms. The number of benzene rings is 2. The van der Waals surface area contributed by atoms with E-state index in [2.05, 4.69) is 18.0 Å². The molecule has 0 radical (unpaired) electrons. The zero-order chi connectivity index (χ0) is 20.6. The fourth-order valence-corrected chi connectivity index (χ4v) is 3.08. The Morgan fingerprint density at radius 1 is 0.964 bits per heavy atom. The second kappa shape index (κ2) is 10.5. The third-order valence-electron chi connectivity index (χ3n) is 4.81. The van der Waals surface area contributed by atoms with Gasteiger partial charge in [-0.25, -0.2) is 0 Å². The normalized spacial score (nSPS) is 11.5. The lowest BCUT2D eigenvalue weighted by Crippen LogP contribution is -2.21. The fraction of sp³-hybridized carbons (Fsp3) is 0.478. The van der Waals surface area contributed by atoms with Gasteiger partial charge in [0.25, 0.3) is 0 Å². The number of nitrogens with zero attached hydrogens (tertiary/aromatic N) is 1. The topological polar surface area (TPSA) is 73.2 Å². The van der Waals surface area contributed by atoms with Crippen LogP contribution in [0.25, 0.3) is 0 Å². The number of ether oxygens (including phenoxy) is 1. The first kappa shape index (κ1) is 22.2. The molecule has 2 rings (SSSR count). The molecule has 0 bridgehead atoms. The zero-order valence-corrected chi connectivity index (χ0v) is 17.2. The molecule has 0 unspecified atom stereocenters. The second-order valence-electron chi connectivity index (χ2n) is 7.90. The van der Waals surface area contributed by atoms with Gasteiger partial charge in [-0.3, -0.25) is 0 Å². The molecule has 28 heavy (non-hydrogen) atoms. The smallest absolute Gasteiger partial charge is 0.121 e. The summed E-state index contributed by atoms with van der Waals surface area (Å²) in [7, 11) is 2.06. The van der Waals surface area contributed by atoms with Gasteiger partial charge in [-0.2, -0.15) is 0 Å². The molecule has 0 aliphatic heterocycles. The summed E-state index contributed by atoms with van der Waals surface area (Å²) >= 11 is 0. The summed E-state index contributed by atoms with van der Waals surface area (Å²) in [5, 5.41) is 28.5. The van der Waals surface area contributed by atoms with E-state index in [0.29, 0.717) is 6.61 Å². The Hall–Kier alpha value is -2.08. The van der Waals surface area contributed by atoms with Crippen LogP contribution in [0.1, 0.15) is 49.8 Å². The summed E-state index contributed by atoms with van der Waals surface area (Å²) in [4.78, 5) is 2.19. The minimum Gasteiger partial charge on any atom is -0.489 e. The van der Waals surface area contributed by atoms with Crippen molar-refractivity contribution in [3.8, 4) is 5.75 Å². The average Bonchev–Trinajstić information content (AvgIpc) is 2.68. The van der Waals surface area contributed by atoms with E-state index in [1.165, 1.54) is 0 Å². The number of rotatable bonds is 11. The van der Waals surface area contributed by atoms with Crippen LogP contribution in [0.2, 0.25) is 0 Å². The minimum atomic E-state index is -0.600. The van der Waals surface area contributed by atoms with Gasteiger partial charge in [-0.05, 0) is 68.0 Å². The van der Waals surface area contributed by atoms with Crippen molar-refractivity contribution >= 4 is 5.69 Å². The van der Waals surface area contributed by atoms with Crippen LogP contribution in [0.5, 0.6) is 5.75 Å². The van der Waals surface area contributed by atoms with Crippen LogP contribution >= 0.6 is 0 Å². The van der Waals surface area contributed by atoms with Crippen molar-refractivity contribution in [2.45, 2.75) is 58.5 Å². The fourth-order valence-electron chi connectivity index (χ4n) is 3.08. The molecule has 0 aliphatic carbocycles. The van der Waals surface area contributed by atoms with Crippen LogP contribution in [0.4, 0.5) is 5.69 Å². The molecule has 0 heterocycles. The molecule has 2 aromatic rings. The highest BCUT2D eigenvalue weighted by molar-refractivity contribution is 5.50. The Labute approximate surface area is 168 Å². The Kier molecular flexibility index (Phi) is 8.30. The Morgan fingerprint density at radius 2 is 1.71 bits per heavy atom. The first-order valence-electron chi connectivity index (χ1n) is 9.81. The highest BCUT2D eigenvalue weighted by Crippen LogP contribution is 2.23. The number of aliphatic hydroxyl groups is 3. The molecular formula is C23H33NO4. The van der Waals surface area contributed by atoms with Crippen LogP contribution in [-0.2, 0) is 19.8 Å². The van der Waals surface area contributed by atoms with Crippen molar-refractivity contribution in [3.63, 3.8) is 0 Å². The number of hydrogen-bond donors (Lipinski definition) is 3. The minimum absolute atomic E-state index is 0.0821. The molecular weight excluding hydrogens is 354 g/mol. The first-order chi connectivity index (χ1) is 13.3. The van der Waals surface area contributed by atoms with Gasteiger partial charge >= 0.3 is 0 Å². The van der Waals surface area contributed by atoms with E-state index in [1.54, 1.807) is 0 Å². The predicted molar refractivity (Wildman–Crippen MR) is 112 cm³/mol. The SMILES string of the molecule is CN(CCCCC(C)(C)O)c1cccc(OCc2ccc(CO)c(CO)c2)c1. The maximum absolute atomic E-state index is 9.80. The van der Waals surface area contributed by atoms with Gasteiger partial charge < -0.3 is 25.0 Å². The lowest BCUT2D eigenvalue weighted by molar-refractivity contribution is 0.0684. The number of anilines is 1. The Morgan fingerprint density at radius 3 is 2.39 bits per heavy atom. The van der Waals surface area contributed by atoms with Crippen molar-refractivity contribution in [3.05, 3.63) is 59.2 Å². The van der Waals surface area contributed by atoms with E-state index in [-0.39, 0.29) is 13.2 Å². The number of unbranched alkanes of at least 4 members (excludes halogenated alkanes) is 1. The van der Waals surface area contributed by atoms with Gasteiger partial charge in [0.2, 0.25) is 0 Å². The molecule has 154 valence electrons. The van der Waals surface area contributed by atoms with Crippen LogP contribution in [0.15, 0.2) is 42.5 Å². The van der Waals surface area contributed by atoms with E-state index >= 15 is 0 Å². The van der Waals surface area contributed by atoms with Crippen molar-refractivity contribution in [2.24, 2.45) is 0 Å². The van der Waals surface area contributed by atoms with Crippen LogP contribution in [-0.4, -0.2) is 34.5 Å². The molecule has 0 spiro atoms. The summed E-state index contributed by atoms with van der Waals surface area (Å²) in [6.45, 7) is 4.83. The van der Waals surface area contributed by atoms with Crippen LogP contribution < -0.4 is 9.64 Å². The average molecular weight is 388 g/mol. The molecule has 0 aliphatic rings. The molecule has 0 aromatic heterocycles. The predicted octanol–water partition coefficient (Wildman–Crippen LogP) is 3.63. The quantitative estimate of drug-likeness (QED) is 0.514. The Balaban J connectivity index is 1.90. The third kappa shape index (κ3) is 7.15. The highest BCUT2D eigenvalue weighted by Gasteiger charge is 2.11. The number of hydrogen-bond acceptors (Lipinski definition) is 5. The Bertz CT molecular complexity index is 740. The monoisotopic (exact) mass is 387 g/mol. The van der Waals surface area contributed by atoms with E-state index in [4.69, 9.17) is 4.74 Å². The summed E-state index contributed by atoms with van der Waals surface area (Å²) in [6, 6.07) is 13.6. The molecule has 0 amide bonds. The van der Waals surface area contributed by atoms with E-state index < -0.39 is 5.60 Å². The molecule has 0 saturated heterocycles. The maximum atomic E-state index is 9.80. The highest BCUT2D eigenvalue weighted by atomic mass is 16.5. The van der Waals surface area contributed by atoms with Crippen molar-refractivity contribution in [2.75, 3.05) is 18.5 Å². The largest absolute Gasteiger partial charge is 0.489 e. The van der Waals surface area contributed by atoms with Crippen molar-refractivity contribution in [1.82, 2.24) is 0 Å². The van der Waals surface area contributed by atoms with E-state index in [1.807, 2.05) is 50.2 Å². The van der Waals surface area contributed by atoms with Gasteiger partial charge in [-0.15, -0.1) is 0 Å². The molecule has 5 nitrogen and oxygen atoms in total. The molecule has 2 aromatic carbocycles. The van der Waals surface area contributed by atoms with Gasteiger partial charge in [0.1, 0.15) is 12.4 Å². The first-order valence-corrected chi connectivity index (χ1v) is 9.81. The lowest BCUT2D eigenvalue weighted by atomic mass is 10.0. The summed E-state index contributed by atoms with van der Waals surface area (Å²) < 4.78 is 5.92. The standard InChI is InChI=1S/C23H33NO4/c1-23(2,27)11-4-5-12-24(3)21-7-6-8-22(14-21)28-17-18-9-10-19(15-25)20(13-18)16-26/h6-10,13-14,25-27H,4-5,11-12,15-17H2,1-3H3. The van der Waals surface area contributed by atoms with Gasteiger partial charge in [-0.1, -0.05) is 18.2 Å². The summed E-state index contributed by atoms with van der Waals surface area (Å²) in [5.74, 6) is 0.789. The van der Waals surface area contributed by atoms with Gasteiger partial charge in [0, 0.05) is 25.3 Å². The third-order valence-corrected chi connectivity index (χ3v) is 4.81. The second-order valence-corrected chi connectivity index (χ2v) is 7.90. The van der Waals surface area contributed by atoms with Crippen LogP contribution in [0.3, 0.4) is 0 Å². The van der Waals surface area contributed by atoms with Crippen molar-refractivity contribution in [1.29, 1.82) is 0 Å².